The second kappa shape index (κ2) is 6.08. The Morgan fingerprint density at radius 2 is 2.10 bits per heavy atom. The summed E-state index contributed by atoms with van der Waals surface area (Å²) in [4.78, 5) is 0. The summed E-state index contributed by atoms with van der Waals surface area (Å²) in [6.45, 7) is 2.79. The molecule has 1 heterocycles. The lowest BCUT2D eigenvalue weighted by molar-refractivity contribution is -0.274. The summed E-state index contributed by atoms with van der Waals surface area (Å²) in [5, 5.41) is 12.1. The molecule has 1 N–H and O–H groups in total. The van der Waals surface area contributed by atoms with Gasteiger partial charge in [0.25, 0.3) is 0 Å². The zero-order valence-electron chi connectivity index (χ0n) is 10.6. The number of hydrogen-bond acceptors (Lipinski definition) is 5. The van der Waals surface area contributed by atoms with Gasteiger partial charge in [0.05, 0.1) is 0 Å². The third-order valence-corrected chi connectivity index (χ3v) is 3.20. The van der Waals surface area contributed by atoms with Crippen molar-refractivity contribution in [3.8, 4) is 16.3 Å². The number of benzene rings is 1. The topological polar surface area (TPSA) is 47.0 Å². The maximum Gasteiger partial charge on any atom is 0.573 e. The molecule has 0 atom stereocenters. The number of aromatic nitrogens is 2. The molecule has 0 aliphatic heterocycles. The van der Waals surface area contributed by atoms with E-state index < -0.39 is 6.36 Å². The summed E-state index contributed by atoms with van der Waals surface area (Å²) < 4.78 is 40.4. The van der Waals surface area contributed by atoms with Gasteiger partial charge >= 0.3 is 6.36 Å². The molecule has 0 fully saturated rings. The van der Waals surface area contributed by atoms with Crippen LogP contribution in [0.4, 0.5) is 18.3 Å². The molecule has 1 aromatic carbocycles. The quantitative estimate of drug-likeness (QED) is 0.909. The van der Waals surface area contributed by atoms with Crippen LogP contribution in [0.1, 0.15) is 13.3 Å². The van der Waals surface area contributed by atoms with E-state index >= 15 is 0 Å². The van der Waals surface area contributed by atoms with Crippen molar-refractivity contribution in [1.82, 2.24) is 10.2 Å². The van der Waals surface area contributed by atoms with Gasteiger partial charge in [0.1, 0.15) is 10.8 Å². The van der Waals surface area contributed by atoms with E-state index in [0.717, 1.165) is 13.0 Å². The lowest BCUT2D eigenvalue weighted by Crippen LogP contribution is -2.17. The Bertz CT molecular complexity index is 571. The minimum atomic E-state index is -4.70. The number of nitrogens with zero attached hydrogens (tertiary/aromatic N) is 2. The number of hydrogen-bond donors (Lipinski definition) is 1. The van der Waals surface area contributed by atoms with Gasteiger partial charge in [-0.1, -0.05) is 30.4 Å². The van der Waals surface area contributed by atoms with E-state index in [-0.39, 0.29) is 5.75 Å². The van der Waals surface area contributed by atoms with E-state index in [0.29, 0.717) is 15.7 Å². The molecular weight excluding hydrogens is 291 g/mol. The van der Waals surface area contributed by atoms with Gasteiger partial charge in [0.2, 0.25) is 5.13 Å². The van der Waals surface area contributed by atoms with Gasteiger partial charge in [-0.25, -0.2) is 0 Å². The first-order chi connectivity index (χ1) is 9.48. The van der Waals surface area contributed by atoms with Crippen molar-refractivity contribution >= 4 is 16.5 Å². The highest BCUT2D eigenvalue weighted by atomic mass is 32.1. The first kappa shape index (κ1) is 14.6. The Labute approximate surface area is 117 Å². The minimum Gasteiger partial charge on any atom is -0.406 e. The number of ether oxygens (including phenoxy) is 1. The van der Waals surface area contributed by atoms with Crippen molar-refractivity contribution in [2.45, 2.75) is 19.7 Å². The minimum absolute atomic E-state index is 0.270. The average molecular weight is 303 g/mol. The van der Waals surface area contributed by atoms with Crippen molar-refractivity contribution in [3.63, 3.8) is 0 Å². The molecule has 2 rings (SSSR count). The molecule has 4 nitrogen and oxygen atoms in total. The van der Waals surface area contributed by atoms with Crippen LogP contribution in [0.5, 0.6) is 5.75 Å². The SMILES string of the molecule is CCCNc1nnc(-c2cccc(OC(F)(F)F)c2)s1. The van der Waals surface area contributed by atoms with Crippen LogP contribution < -0.4 is 10.1 Å². The predicted octanol–water partition coefficient (Wildman–Crippen LogP) is 3.93. The van der Waals surface area contributed by atoms with Gasteiger partial charge < -0.3 is 10.1 Å². The molecule has 0 unspecified atom stereocenters. The smallest absolute Gasteiger partial charge is 0.406 e. The van der Waals surface area contributed by atoms with Gasteiger partial charge in [0.15, 0.2) is 0 Å². The van der Waals surface area contributed by atoms with Gasteiger partial charge in [-0.15, -0.1) is 23.4 Å². The number of alkyl halides is 3. The normalized spacial score (nSPS) is 11.4. The zero-order chi connectivity index (χ0) is 14.6. The average Bonchev–Trinajstić information content (AvgIpc) is 2.83. The van der Waals surface area contributed by atoms with E-state index in [1.807, 2.05) is 6.92 Å². The molecule has 1 aromatic heterocycles. The second-order valence-corrected chi connectivity index (χ2v) is 4.89. The summed E-state index contributed by atoms with van der Waals surface area (Å²) in [6.07, 6.45) is -3.75. The molecule has 0 bridgehead atoms. The van der Waals surface area contributed by atoms with Crippen LogP contribution >= 0.6 is 11.3 Å². The molecule has 0 saturated heterocycles. The van der Waals surface area contributed by atoms with Gasteiger partial charge in [0, 0.05) is 12.1 Å². The van der Waals surface area contributed by atoms with Crippen LogP contribution in [0.25, 0.3) is 10.6 Å². The summed E-state index contributed by atoms with van der Waals surface area (Å²) in [5.74, 6) is -0.270. The monoisotopic (exact) mass is 303 g/mol. The maximum absolute atomic E-state index is 12.2. The molecule has 0 radical (unpaired) electrons. The lowest BCUT2D eigenvalue weighted by Gasteiger charge is -2.08. The molecule has 8 heteroatoms. The van der Waals surface area contributed by atoms with Gasteiger partial charge in [-0.05, 0) is 18.6 Å². The highest BCUT2D eigenvalue weighted by molar-refractivity contribution is 7.18. The fourth-order valence-electron chi connectivity index (χ4n) is 1.47. The summed E-state index contributed by atoms with van der Waals surface area (Å²) in [7, 11) is 0. The van der Waals surface area contributed by atoms with Crippen LogP contribution in [0.2, 0.25) is 0 Å². The molecule has 0 amide bonds. The predicted molar refractivity (Wildman–Crippen MR) is 70.8 cm³/mol. The molecule has 2 aromatic rings. The fraction of sp³-hybridized carbons (Fsp3) is 0.333. The van der Waals surface area contributed by atoms with Crippen LogP contribution in [-0.4, -0.2) is 23.1 Å². The number of nitrogens with one attached hydrogen (secondary N) is 1. The Kier molecular flexibility index (Phi) is 4.43. The van der Waals surface area contributed by atoms with Crippen LogP contribution in [-0.2, 0) is 0 Å². The van der Waals surface area contributed by atoms with Crippen molar-refractivity contribution < 1.29 is 17.9 Å². The van der Waals surface area contributed by atoms with Crippen molar-refractivity contribution in [3.05, 3.63) is 24.3 Å². The Morgan fingerprint density at radius 3 is 2.80 bits per heavy atom. The van der Waals surface area contributed by atoms with E-state index in [1.54, 1.807) is 6.07 Å². The second-order valence-electron chi connectivity index (χ2n) is 3.91. The molecule has 108 valence electrons. The highest BCUT2D eigenvalue weighted by Gasteiger charge is 2.31. The third-order valence-electron chi connectivity index (χ3n) is 2.27. The molecular formula is C12H12F3N3OS. The Hall–Kier alpha value is -1.83. The largest absolute Gasteiger partial charge is 0.573 e. The van der Waals surface area contributed by atoms with Crippen LogP contribution in [0.3, 0.4) is 0 Å². The van der Waals surface area contributed by atoms with Crippen molar-refractivity contribution in [1.29, 1.82) is 0 Å². The zero-order valence-corrected chi connectivity index (χ0v) is 11.4. The third kappa shape index (κ3) is 4.09. The molecule has 0 spiro atoms. The number of anilines is 1. The lowest BCUT2D eigenvalue weighted by atomic mass is 10.2. The molecule has 0 aliphatic carbocycles. The first-order valence-electron chi connectivity index (χ1n) is 5.91. The number of halogens is 3. The summed E-state index contributed by atoms with van der Waals surface area (Å²) in [5.41, 5.74) is 0.536. The van der Waals surface area contributed by atoms with Gasteiger partial charge in [-0.3, -0.25) is 0 Å². The Balaban J connectivity index is 2.16. The van der Waals surface area contributed by atoms with Crippen molar-refractivity contribution in [2.24, 2.45) is 0 Å². The Morgan fingerprint density at radius 1 is 1.30 bits per heavy atom. The fourth-order valence-corrected chi connectivity index (χ4v) is 2.23. The van der Waals surface area contributed by atoms with E-state index in [9.17, 15) is 13.2 Å². The molecule has 0 aliphatic rings. The highest BCUT2D eigenvalue weighted by Crippen LogP contribution is 2.30. The maximum atomic E-state index is 12.2. The van der Waals surface area contributed by atoms with Crippen LogP contribution in [0.15, 0.2) is 24.3 Å². The van der Waals surface area contributed by atoms with Crippen molar-refractivity contribution in [2.75, 3.05) is 11.9 Å². The molecule has 0 saturated carbocycles. The standard InChI is InChI=1S/C12H12F3N3OS/c1-2-6-16-11-18-17-10(20-11)8-4-3-5-9(7-8)19-12(13,14)15/h3-5,7H,2,6H2,1H3,(H,16,18). The summed E-state index contributed by atoms with van der Waals surface area (Å²) >= 11 is 1.28. The summed E-state index contributed by atoms with van der Waals surface area (Å²) in [6, 6.07) is 5.68. The first-order valence-corrected chi connectivity index (χ1v) is 6.73. The number of rotatable bonds is 5. The van der Waals surface area contributed by atoms with Gasteiger partial charge in [-0.2, -0.15) is 0 Å². The van der Waals surface area contributed by atoms with E-state index in [4.69, 9.17) is 0 Å². The molecule has 20 heavy (non-hydrogen) atoms. The van der Waals surface area contributed by atoms with Crippen LogP contribution in [0, 0.1) is 0 Å². The van der Waals surface area contributed by atoms with E-state index in [2.05, 4.69) is 20.3 Å². The van der Waals surface area contributed by atoms with E-state index in [1.165, 1.54) is 29.5 Å².